The fourth-order valence-corrected chi connectivity index (χ4v) is 4.75. The van der Waals surface area contributed by atoms with Crippen molar-refractivity contribution in [2.45, 2.75) is 53.9 Å². The highest BCUT2D eigenvalue weighted by Crippen LogP contribution is 2.35. The quantitative estimate of drug-likeness (QED) is 0.380. The summed E-state index contributed by atoms with van der Waals surface area (Å²) in [7, 11) is 0. The lowest BCUT2D eigenvalue weighted by Gasteiger charge is -2.16. The highest BCUT2D eigenvalue weighted by atomic mass is 19.1. The van der Waals surface area contributed by atoms with Crippen molar-refractivity contribution in [1.82, 2.24) is 19.4 Å². The zero-order valence-electron chi connectivity index (χ0n) is 21.9. The highest BCUT2D eigenvalue weighted by molar-refractivity contribution is 5.96. The topological polar surface area (TPSA) is 95.4 Å². The Hall–Kier alpha value is -4.07. The first-order chi connectivity index (χ1) is 17.9. The zero-order valence-corrected chi connectivity index (χ0v) is 21.9. The number of carbonyl (C=O) groups is 1. The van der Waals surface area contributed by atoms with Crippen molar-refractivity contribution < 1.29 is 13.9 Å². The first-order valence-electron chi connectivity index (χ1n) is 12.6. The molecule has 4 heterocycles. The van der Waals surface area contributed by atoms with Gasteiger partial charge < -0.3 is 10.5 Å². The molecule has 4 aromatic rings. The van der Waals surface area contributed by atoms with Crippen LogP contribution in [0.3, 0.4) is 0 Å². The minimum absolute atomic E-state index is 0.0956. The SMILES string of the molecule is CC.CCc1c(F)ccc2c1CCO2.Cc1ccc2c(n1)C/C(C=O)=C(/N)c1ncn3c(C)ncc-2c13. The molecule has 0 fully saturated rings. The van der Waals surface area contributed by atoms with E-state index in [1.165, 1.54) is 6.07 Å². The van der Waals surface area contributed by atoms with E-state index in [9.17, 15) is 9.18 Å². The molecule has 192 valence electrons. The van der Waals surface area contributed by atoms with Gasteiger partial charge in [0.2, 0.25) is 0 Å². The standard InChI is InChI=1S/C17H15N5O.C10H11FO.C2H6/c1-9-3-4-12-13-6-19-10(2)22-8-20-16(17(13)22)15(18)11(7-23)5-14(12)21-9;1-2-7-8-5-6-12-10(8)4-3-9(7)11;1-2/h3-4,6-8H,5,18H2,1-2H3;3-4H,2,5-6H2,1H3;1-2H3/b15-11-;;. The Bertz CT molecular complexity index is 1510. The highest BCUT2D eigenvalue weighted by Gasteiger charge is 2.23. The largest absolute Gasteiger partial charge is 0.493 e. The second-order valence-electron chi connectivity index (χ2n) is 8.67. The third-order valence-electron chi connectivity index (χ3n) is 6.55. The number of imidazole rings is 1. The van der Waals surface area contributed by atoms with Gasteiger partial charge in [0.25, 0.3) is 0 Å². The average Bonchev–Trinajstić information content (AvgIpc) is 3.57. The van der Waals surface area contributed by atoms with E-state index in [2.05, 4.69) is 15.0 Å². The van der Waals surface area contributed by atoms with Crippen molar-refractivity contribution in [2.24, 2.45) is 5.73 Å². The summed E-state index contributed by atoms with van der Waals surface area (Å²) in [6, 6.07) is 7.19. The summed E-state index contributed by atoms with van der Waals surface area (Å²) in [5.74, 6) is 1.58. The van der Waals surface area contributed by atoms with Crippen LogP contribution >= 0.6 is 0 Å². The molecule has 0 atom stereocenters. The van der Waals surface area contributed by atoms with Crippen LogP contribution in [0.25, 0.3) is 22.3 Å². The molecule has 0 saturated carbocycles. The summed E-state index contributed by atoms with van der Waals surface area (Å²) >= 11 is 0. The van der Waals surface area contributed by atoms with Crippen LogP contribution in [0.5, 0.6) is 5.75 Å². The van der Waals surface area contributed by atoms with Crippen LogP contribution in [0.2, 0.25) is 0 Å². The molecule has 0 saturated heterocycles. The number of nitrogens with two attached hydrogens (primary N) is 1. The summed E-state index contributed by atoms with van der Waals surface area (Å²) in [6.45, 7) is 10.5. The van der Waals surface area contributed by atoms with Crippen molar-refractivity contribution in [3.05, 3.63) is 82.2 Å². The predicted octanol–water partition coefficient (Wildman–Crippen LogP) is 5.18. The monoisotopic (exact) mass is 501 g/mol. The van der Waals surface area contributed by atoms with Gasteiger partial charge in [0.1, 0.15) is 35.7 Å². The van der Waals surface area contributed by atoms with Gasteiger partial charge in [0, 0.05) is 47.0 Å². The molecule has 1 aromatic carbocycles. The molecule has 37 heavy (non-hydrogen) atoms. The number of hydrogen-bond acceptors (Lipinski definition) is 6. The van der Waals surface area contributed by atoms with Gasteiger partial charge in [-0.2, -0.15) is 0 Å². The Labute approximate surface area is 216 Å². The third-order valence-corrected chi connectivity index (χ3v) is 6.55. The molecule has 8 heteroatoms. The van der Waals surface area contributed by atoms with Crippen LogP contribution in [0, 0.1) is 19.7 Å². The van der Waals surface area contributed by atoms with Gasteiger partial charge in [-0.1, -0.05) is 26.8 Å². The Balaban J connectivity index is 0.000000192. The molecular formula is C29H32FN5O2. The summed E-state index contributed by atoms with van der Waals surface area (Å²) in [6.07, 6.45) is 6.31. The first-order valence-corrected chi connectivity index (χ1v) is 12.6. The van der Waals surface area contributed by atoms with Crippen molar-refractivity contribution >= 4 is 17.5 Å². The number of aromatic nitrogens is 4. The number of pyridine rings is 1. The van der Waals surface area contributed by atoms with E-state index in [1.54, 1.807) is 12.4 Å². The van der Waals surface area contributed by atoms with Gasteiger partial charge in [0.15, 0.2) is 0 Å². The number of hydrogen-bond donors (Lipinski definition) is 1. The van der Waals surface area contributed by atoms with E-state index in [-0.39, 0.29) is 5.82 Å². The molecule has 6 rings (SSSR count). The minimum Gasteiger partial charge on any atom is -0.493 e. The fourth-order valence-electron chi connectivity index (χ4n) is 4.75. The Morgan fingerprint density at radius 1 is 1.14 bits per heavy atom. The van der Waals surface area contributed by atoms with Crippen LogP contribution in [0.4, 0.5) is 4.39 Å². The van der Waals surface area contributed by atoms with Gasteiger partial charge in [0.05, 0.1) is 23.5 Å². The van der Waals surface area contributed by atoms with E-state index in [1.807, 2.05) is 57.3 Å². The number of fused-ring (bicyclic) bond motifs is 3. The Kier molecular flexibility index (Phi) is 7.66. The molecule has 1 aliphatic heterocycles. The number of allylic oxidation sites excluding steroid dienone is 1. The summed E-state index contributed by atoms with van der Waals surface area (Å²) in [4.78, 5) is 25.0. The van der Waals surface area contributed by atoms with Crippen LogP contribution in [0.15, 0.2) is 42.4 Å². The van der Waals surface area contributed by atoms with E-state index in [0.29, 0.717) is 30.0 Å². The summed E-state index contributed by atoms with van der Waals surface area (Å²) in [5, 5.41) is 0. The number of aldehydes is 1. The Morgan fingerprint density at radius 3 is 2.65 bits per heavy atom. The molecule has 2 N–H and O–H groups in total. The second kappa shape index (κ2) is 10.9. The van der Waals surface area contributed by atoms with Crippen molar-refractivity contribution in [1.29, 1.82) is 0 Å². The lowest BCUT2D eigenvalue weighted by Crippen LogP contribution is -2.11. The van der Waals surface area contributed by atoms with Crippen molar-refractivity contribution in [2.75, 3.05) is 6.61 Å². The maximum Gasteiger partial charge on any atom is 0.148 e. The molecule has 7 nitrogen and oxygen atoms in total. The summed E-state index contributed by atoms with van der Waals surface area (Å²) in [5.41, 5.74) is 14.1. The maximum atomic E-state index is 13.2. The number of aryl methyl sites for hydroxylation is 2. The van der Waals surface area contributed by atoms with Gasteiger partial charge >= 0.3 is 0 Å². The number of ether oxygens (including phenoxy) is 1. The molecule has 0 bridgehead atoms. The van der Waals surface area contributed by atoms with Gasteiger partial charge in [-0.05, 0) is 44.0 Å². The van der Waals surface area contributed by atoms with Crippen LogP contribution in [0.1, 0.15) is 54.8 Å². The lowest BCUT2D eigenvalue weighted by atomic mass is 9.94. The molecular weight excluding hydrogens is 469 g/mol. The molecule has 2 aliphatic rings. The lowest BCUT2D eigenvalue weighted by molar-refractivity contribution is -0.104. The first kappa shape index (κ1) is 26.0. The van der Waals surface area contributed by atoms with Crippen molar-refractivity contribution in [3.63, 3.8) is 0 Å². The zero-order chi connectivity index (χ0) is 26.7. The van der Waals surface area contributed by atoms with Gasteiger partial charge in [-0.25, -0.2) is 14.4 Å². The van der Waals surface area contributed by atoms with Gasteiger partial charge in [-0.15, -0.1) is 0 Å². The average molecular weight is 502 g/mol. The fraction of sp³-hybridized carbons (Fsp3) is 0.310. The Morgan fingerprint density at radius 2 is 1.92 bits per heavy atom. The van der Waals surface area contributed by atoms with Crippen LogP contribution < -0.4 is 10.5 Å². The molecule has 0 spiro atoms. The molecule has 0 amide bonds. The molecule has 0 radical (unpaired) electrons. The molecule has 1 aliphatic carbocycles. The number of nitrogens with zero attached hydrogens (tertiary/aromatic N) is 4. The van der Waals surface area contributed by atoms with Crippen LogP contribution in [-0.2, 0) is 24.1 Å². The van der Waals surface area contributed by atoms with E-state index in [0.717, 1.165) is 69.9 Å². The summed E-state index contributed by atoms with van der Waals surface area (Å²) < 4.78 is 20.4. The number of carbonyl (C=O) groups excluding carboxylic acids is 1. The molecule has 3 aromatic heterocycles. The van der Waals surface area contributed by atoms with Crippen molar-refractivity contribution in [3.8, 4) is 16.9 Å². The van der Waals surface area contributed by atoms with E-state index >= 15 is 0 Å². The third kappa shape index (κ3) is 4.71. The number of benzene rings is 1. The van der Waals surface area contributed by atoms with E-state index in [4.69, 9.17) is 10.5 Å². The minimum atomic E-state index is -0.0956. The smallest absolute Gasteiger partial charge is 0.148 e. The number of halogens is 1. The maximum absolute atomic E-state index is 13.2. The number of rotatable bonds is 2. The second-order valence-corrected chi connectivity index (χ2v) is 8.67. The van der Waals surface area contributed by atoms with Crippen LogP contribution in [-0.4, -0.2) is 32.2 Å². The predicted molar refractivity (Wildman–Crippen MR) is 143 cm³/mol. The van der Waals surface area contributed by atoms with E-state index < -0.39 is 0 Å². The normalized spacial score (nSPS) is 15.2. The molecule has 0 unspecified atom stereocenters. The van der Waals surface area contributed by atoms with Gasteiger partial charge in [-0.3, -0.25) is 14.2 Å².